The van der Waals surface area contributed by atoms with Gasteiger partial charge in [-0.2, -0.15) is 0 Å². The molecule has 0 saturated carbocycles. The third-order valence-electron chi connectivity index (χ3n) is 3.55. The predicted molar refractivity (Wildman–Crippen MR) is 76.9 cm³/mol. The van der Waals surface area contributed by atoms with Crippen LogP contribution in [0.4, 0.5) is 5.69 Å². The average molecular weight is 307 g/mol. The molecule has 1 aliphatic rings. The van der Waals surface area contributed by atoms with Crippen molar-refractivity contribution in [3.05, 3.63) is 39.9 Å². The lowest BCUT2D eigenvalue weighted by Crippen LogP contribution is -2.48. The maximum Gasteiger partial charge on any atom is 0.269 e. The van der Waals surface area contributed by atoms with E-state index in [4.69, 9.17) is 10.5 Å². The number of nitrogens with two attached hydrogens (primary N) is 1. The first-order valence-corrected chi connectivity index (χ1v) is 6.88. The van der Waals surface area contributed by atoms with Crippen LogP contribution in [0.5, 0.6) is 0 Å². The van der Waals surface area contributed by atoms with Gasteiger partial charge in [0, 0.05) is 25.2 Å². The Hall–Kier alpha value is -2.48. The summed E-state index contributed by atoms with van der Waals surface area (Å²) in [5.41, 5.74) is 5.96. The molecule has 0 bridgehead atoms. The molecule has 1 saturated heterocycles. The van der Waals surface area contributed by atoms with Crippen LogP contribution in [0.25, 0.3) is 0 Å². The van der Waals surface area contributed by atoms with Gasteiger partial charge in [-0.05, 0) is 12.0 Å². The van der Waals surface area contributed by atoms with Crippen LogP contribution in [0, 0.1) is 16.0 Å². The Morgan fingerprint density at radius 2 is 2.09 bits per heavy atom. The number of nitrogens with zero attached hydrogens (tertiary/aromatic N) is 1. The Bertz CT molecular complexity index is 566. The van der Waals surface area contributed by atoms with E-state index in [-0.39, 0.29) is 23.9 Å². The first-order valence-electron chi connectivity index (χ1n) is 6.88. The summed E-state index contributed by atoms with van der Waals surface area (Å²) in [5.74, 6) is -1.17. The van der Waals surface area contributed by atoms with E-state index in [0.717, 1.165) is 0 Å². The number of nitro benzene ring substituents is 1. The molecule has 2 atom stereocenters. The number of hydrogen-bond donors (Lipinski definition) is 2. The summed E-state index contributed by atoms with van der Waals surface area (Å²) in [5, 5.41) is 13.2. The summed E-state index contributed by atoms with van der Waals surface area (Å²) in [7, 11) is 0. The molecule has 2 rings (SSSR count). The van der Waals surface area contributed by atoms with Crippen LogP contribution in [0.15, 0.2) is 24.3 Å². The number of ether oxygens (including phenoxy) is 1. The SMILES string of the molecule is NC(=O)[C@H](Cc1ccc([N+](=O)[O-])cc1)NC(=O)[C@H]1CCOC1. The summed E-state index contributed by atoms with van der Waals surface area (Å²) >= 11 is 0. The topological polar surface area (TPSA) is 125 Å². The summed E-state index contributed by atoms with van der Waals surface area (Å²) in [6, 6.07) is 4.92. The molecule has 1 aromatic carbocycles. The summed E-state index contributed by atoms with van der Waals surface area (Å²) in [6.45, 7) is 0.872. The van der Waals surface area contributed by atoms with Crippen molar-refractivity contribution in [1.29, 1.82) is 0 Å². The van der Waals surface area contributed by atoms with Crippen molar-refractivity contribution in [1.82, 2.24) is 5.32 Å². The van der Waals surface area contributed by atoms with E-state index < -0.39 is 16.9 Å². The number of rotatable bonds is 6. The lowest BCUT2D eigenvalue weighted by molar-refractivity contribution is -0.384. The molecule has 1 heterocycles. The highest BCUT2D eigenvalue weighted by Gasteiger charge is 2.27. The van der Waals surface area contributed by atoms with Gasteiger partial charge in [-0.25, -0.2) is 0 Å². The van der Waals surface area contributed by atoms with E-state index in [2.05, 4.69) is 5.32 Å². The fourth-order valence-electron chi connectivity index (χ4n) is 2.24. The van der Waals surface area contributed by atoms with Crippen molar-refractivity contribution in [3.8, 4) is 0 Å². The lowest BCUT2D eigenvalue weighted by Gasteiger charge is -2.17. The van der Waals surface area contributed by atoms with Gasteiger partial charge in [0.1, 0.15) is 6.04 Å². The van der Waals surface area contributed by atoms with Crippen molar-refractivity contribution in [2.45, 2.75) is 18.9 Å². The molecule has 0 spiro atoms. The van der Waals surface area contributed by atoms with Crippen molar-refractivity contribution in [2.75, 3.05) is 13.2 Å². The highest BCUT2D eigenvalue weighted by Crippen LogP contribution is 2.15. The maximum atomic E-state index is 12.0. The van der Waals surface area contributed by atoms with E-state index in [1.54, 1.807) is 12.1 Å². The molecule has 1 aliphatic heterocycles. The van der Waals surface area contributed by atoms with Crippen LogP contribution in [-0.2, 0) is 20.7 Å². The van der Waals surface area contributed by atoms with Gasteiger partial charge in [-0.3, -0.25) is 19.7 Å². The number of primary amides is 1. The Balaban J connectivity index is 2.00. The number of nitrogens with one attached hydrogen (secondary N) is 1. The monoisotopic (exact) mass is 307 g/mol. The minimum Gasteiger partial charge on any atom is -0.381 e. The number of benzene rings is 1. The van der Waals surface area contributed by atoms with Crippen molar-refractivity contribution >= 4 is 17.5 Å². The Labute approximate surface area is 126 Å². The second-order valence-electron chi connectivity index (χ2n) is 5.15. The minimum absolute atomic E-state index is 0.0356. The van der Waals surface area contributed by atoms with Gasteiger partial charge >= 0.3 is 0 Å². The second kappa shape index (κ2) is 6.99. The fraction of sp³-hybridized carbons (Fsp3) is 0.429. The van der Waals surface area contributed by atoms with Gasteiger partial charge < -0.3 is 15.8 Å². The Kier molecular flexibility index (Phi) is 5.05. The van der Waals surface area contributed by atoms with Gasteiger partial charge in [-0.1, -0.05) is 12.1 Å². The van der Waals surface area contributed by atoms with E-state index >= 15 is 0 Å². The quantitative estimate of drug-likeness (QED) is 0.571. The van der Waals surface area contributed by atoms with Crippen LogP contribution in [-0.4, -0.2) is 36.0 Å². The van der Waals surface area contributed by atoms with E-state index in [9.17, 15) is 19.7 Å². The van der Waals surface area contributed by atoms with Crippen molar-refractivity contribution < 1.29 is 19.2 Å². The third-order valence-corrected chi connectivity index (χ3v) is 3.55. The molecule has 8 heteroatoms. The van der Waals surface area contributed by atoms with Gasteiger partial charge in [0.2, 0.25) is 11.8 Å². The Morgan fingerprint density at radius 3 is 2.59 bits per heavy atom. The molecule has 0 unspecified atom stereocenters. The molecule has 118 valence electrons. The third kappa shape index (κ3) is 4.01. The van der Waals surface area contributed by atoms with Crippen LogP contribution in [0.2, 0.25) is 0 Å². The van der Waals surface area contributed by atoms with Gasteiger partial charge in [0.15, 0.2) is 0 Å². The zero-order valence-corrected chi connectivity index (χ0v) is 11.9. The smallest absolute Gasteiger partial charge is 0.269 e. The first-order chi connectivity index (χ1) is 10.5. The van der Waals surface area contributed by atoms with E-state index in [0.29, 0.717) is 25.2 Å². The molecule has 3 N–H and O–H groups in total. The zero-order chi connectivity index (χ0) is 16.1. The zero-order valence-electron chi connectivity index (χ0n) is 11.9. The number of nitro groups is 1. The normalized spacial score (nSPS) is 18.6. The van der Waals surface area contributed by atoms with Crippen LogP contribution >= 0.6 is 0 Å². The van der Waals surface area contributed by atoms with Crippen LogP contribution < -0.4 is 11.1 Å². The fourth-order valence-corrected chi connectivity index (χ4v) is 2.24. The van der Waals surface area contributed by atoms with Crippen LogP contribution in [0.1, 0.15) is 12.0 Å². The van der Waals surface area contributed by atoms with Gasteiger partial charge in [0.05, 0.1) is 17.4 Å². The largest absolute Gasteiger partial charge is 0.381 e. The highest BCUT2D eigenvalue weighted by atomic mass is 16.6. The summed E-state index contributed by atoms with van der Waals surface area (Å²) in [6.07, 6.45) is 0.807. The molecule has 0 aliphatic carbocycles. The standard InChI is InChI=1S/C14H17N3O5/c15-13(18)12(16-14(19)10-5-6-22-8-10)7-9-1-3-11(4-2-9)17(20)21/h1-4,10,12H,5-8H2,(H2,15,18)(H,16,19)/t10-,12-/m0/s1. The maximum absolute atomic E-state index is 12.0. The number of non-ortho nitro benzene ring substituents is 1. The summed E-state index contributed by atoms with van der Waals surface area (Å²) < 4.78 is 5.13. The molecule has 1 fully saturated rings. The van der Waals surface area contributed by atoms with Crippen LogP contribution in [0.3, 0.4) is 0 Å². The number of carbonyl (C=O) groups is 2. The molecule has 0 aromatic heterocycles. The number of hydrogen-bond acceptors (Lipinski definition) is 5. The van der Waals surface area contributed by atoms with E-state index in [1.165, 1.54) is 12.1 Å². The molecular weight excluding hydrogens is 290 g/mol. The molecular formula is C14H17N3O5. The second-order valence-corrected chi connectivity index (χ2v) is 5.15. The number of amides is 2. The first kappa shape index (κ1) is 15.9. The molecule has 0 radical (unpaired) electrons. The highest BCUT2D eigenvalue weighted by molar-refractivity contribution is 5.87. The number of carbonyl (C=O) groups excluding carboxylic acids is 2. The minimum atomic E-state index is -0.852. The predicted octanol–water partition coefficient (Wildman–Crippen LogP) is 0.144. The van der Waals surface area contributed by atoms with Gasteiger partial charge in [0.25, 0.3) is 5.69 Å². The lowest BCUT2D eigenvalue weighted by atomic mass is 10.0. The summed E-state index contributed by atoms with van der Waals surface area (Å²) in [4.78, 5) is 33.6. The molecule has 22 heavy (non-hydrogen) atoms. The average Bonchev–Trinajstić information content (AvgIpc) is 3.01. The van der Waals surface area contributed by atoms with Gasteiger partial charge in [-0.15, -0.1) is 0 Å². The Morgan fingerprint density at radius 1 is 1.41 bits per heavy atom. The molecule has 2 amide bonds. The van der Waals surface area contributed by atoms with Crippen molar-refractivity contribution in [2.24, 2.45) is 11.7 Å². The molecule has 1 aromatic rings. The van der Waals surface area contributed by atoms with E-state index in [1.807, 2.05) is 0 Å². The molecule has 8 nitrogen and oxygen atoms in total. The van der Waals surface area contributed by atoms with Crippen molar-refractivity contribution in [3.63, 3.8) is 0 Å².